The molecule has 10 heteroatoms. The molecule has 1 aliphatic heterocycles. The molecule has 1 aromatic carbocycles. The number of hydrogen-bond acceptors (Lipinski definition) is 9. The van der Waals surface area contributed by atoms with Crippen LogP contribution in [0, 0.1) is 24.7 Å². The lowest BCUT2D eigenvalue weighted by molar-refractivity contribution is -0.257. The molecule has 5 rings (SSSR count). The molecule has 0 unspecified atom stereocenters. The molecule has 1 aromatic heterocycles. The van der Waals surface area contributed by atoms with E-state index in [-0.39, 0.29) is 49.4 Å². The summed E-state index contributed by atoms with van der Waals surface area (Å²) in [5.74, 6) is 0.200. The summed E-state index contributed by atoms with van der Waals surface area (Å²) < 4.78 is 20.9. The van der Waals surface area contributed by atoms with Crippen LogP contribution >= 0.6 is 0 Å². The Balaban J connectivity index is 1.59. The number of fused-ring (bicyclic) bond motifs is 2. The first-order valence-corrected chi connectivity index (χ1v) is 23.3. The second-order valence-electron chi connectivity index (χ2n) is 17.2. The maximum atomic E-state index is 14.6. The van der Waals surface area contributed by atoms with Crippen molar-refractivity contribution in [2.24, 2.45) is 22.9 Å². The van der Waals surface area contributed by atoms with E-state index in [0.717, 1.165) is 97.5 Å². The summed E-state index contributed by atoms with van der Waals surface area (Å²) in [5.41, 5.74) is 4.69. The molecule has 1 fully saturated rings. The van der Waals surface area contributed by atoms with E-state index in [0.29, 0.717) is 32.4 Å². The van der Waals surface area contributed by atoms with Gasteiger partial charge in [-0.15, -0.1) is 6.58 Å². The minimum atomic E-state index is -1.24. The summed E-state index contributed by atoms with van der Waals surface area (Å²) >= 11 is 0. The van der Waals surface area contributed by atoms with Crippen LogP contribution in [0.5, 0.6) is 11.5 Å². The van der Waals surface area contributed by atoms with Crippen LogP contribution in [-0.2, 0) is 21.0 Å². The number of aromatic nitrogens is 1. The van der Waals surface area contributed by atoms with Crippen molar-refractivity contribution in [3.63, 3.8) is 0 Å². The number of allylic oxidation sites excluding steroid dienone is 1. The number of ether oxygens (including phenoxy) is 3. The summed E-state index contributed by atoms with van der Waals surface area (Å²) in [4.78, 5) is 26.9. The SMILES string of the molecule is C=CCO[C@@]12Oc3ccc(OCc4cccc(C)n4)cc3[C@H]3[C@H](CCCCO)[C@@H](CCCCO)C=C(C(=NOC)C[C@@H]1N(CCC)C(=O)CCCCCCCCCCC)[C@H]32. The number of carbonyl (C=O) groups excluding carboxylic acids is 1. The maximum absolute atomic E-state index is 14.6. The molecule has 0 saturated heterocycles. The van der Waals surface area contributed by atoms with Gasteiger partial charge in [0.2, 0.25) is 11.7 Å². The van der Waals surface area contributed by atoms with Gasteiger partial charge in [-0.25, -0.2) is 0 Å². The number of amides is 1. The van der Waals surface area contributed by atoms with Crippen LogP contribution < -0.4 is 9.47 Å². The van der Waals surface area contributed by atoms with Gasteiger partial charge in [-0.1, -0.05) is 101 Å². The number of aliphatic hydroxyl groups is 2. The summed E-state index contributed by atoms with van der Waals surface area (Å²) in [6, 6.07) is 11.6. The predicted octanol–water partition coefficient (Wildman–Crippen LogP) is 10.4. The Hall–Kier alpha value is -3.73. The third kappa shape index (κ3) is 12.0. The van der Waals surface area contributed by atoms with Crippen LogP contribution in [0.3, 0.4) is 0 Å². The Bertz CT molecular complexity index is 1700. The fourth-order valence-corrected chi connectivity index (χ4v) is 10.1. The monoisotopic (exact) mass is 830 g/mol. The number of nitrogens with zero attached hydrogens (tertiary/aromatic N) is 3. The molecule has 60 heavy (non-hydrogen) atoms. The van der Waals surface area contributed by atoms with E-state index in [2.05, 4.69) is 37.6 Å². The number of aliphatic hydroxyl groups excluding tert-OH is 2. The molecule has 0 spiro atoms. The molecule has 0 radical (unpaired) electrons. The molecule has 2 aromatic rings. The van der Waals surface area contributed by atoms with E-state index in [4.69, 9.17) is 24.2 Å². The molecule has 2 heterocycles. The van der Waals surface area contributed by atoms with Crippen LogP contribution in [-0.4, -0.2) is 77.0 Å². The van der Waals surface area contributed by atoms with Gasteiger partial charge in [-0.3, -0.25) is 9.78 Å². The molecular weight excluding hydrogens is 755 g/mol. The zero-order chi connectivity index (χ0) is 42.7. The molecule has 1 amide bonds. The lowest BCUT2D eigenvalue weighted by Gasteiger charge is -2.60. The molecule has 332 valence electrons. The Labute approximate surface area is 360 Å². The Morgan fingerprint density at radius 3 is 2.38 bits per heavy atom. The largest absolute Gasteiger partial charge is 0.487 e. The number of pyridine rings is 1. The van der Waals surface area contributed by atoms with Crippen molar-refractivity contribution in [2.45, 2.75) is 161 Å². The number of benzene rings is 1. The quantitative estimate of drug-likeness (QED) is 0.0494. The minimum absolute atomic E-state index is 0.0993. The summed E-state index contributed by atoms with van der Waals surface area (Å²) in [7, 11) is 1.59. The van der Waals surface area contributed by atoms with Crippen molar-refractivity contribution in [1.29, 1.82) is 0 Å². The van der Waals surface area contributed by atoms with Crippen LogP contribution in [0.1, 0.15) is 152 Å². The standard InChI is InChI=1S/C50H75N3O7/c1-6-9-10-11-12-13-14-15-16-26-47(56)53(29-7-2)46-35-44(52-57-5)42-33-38(23-17-19-30-54)41(25-18-20-31-55)48-43-34-40(58-36-39-24-21-22-37(4)51-39)27-28-45(43)60-50(46,49(42)48)59-32-8-3/h8,21-22,24,27-28,33-34,38,41,46,48-49,54-55H,3,6-7,9-20,23,25-26,29-32,35-36H2,1-2,4-5H3/t38-,41+,46-,48+,49+,50+/m0/s1. The van der Waals surface area contributed by atoms with Crippen molar-refractivity contribution in [2.75, 3.05) is 33.5 Å². The average Bonchev–Trinajstić information content (AvgIpc) is 3.25. The summed E-state index contributed by atoms with van der Waals surface area (Å²) in [6.07, 6.45) is 21.5. The van der Waals surface area contributed by atoms with E-state index in [1.54, 1.807) is 13.2 Å². The average molecular weight is 830 g/mol. The first-order valence-electron chi connectivity index (χ1n) is 23.3. The van der Waals surface area contributed by atoms with Crippen molar-refractivity contribution >= 4 is 11.6 Å². The van der Waals surface area contributed by atoms with Gasteiger partial charge in [0.05, 0.1) is 23.9 Å². The molecule has 1 saturated carbocycles. The number of unbranched alkanes of at least 4 members (excludes halogenated alkanes) is 10. The fraction of sp³-hybridized carbons (Fsp3) is 0.660. The molecule has 2 N–H and O–H groups in total. The van der Waals surface area contributed by atoms with Gasteiger partial charge in [0.1, 0.15) is 31.3 Å². The molecule has 0 bridgehead atoms. The van der Waals surface area contributed by atoms with E-state index < -0.39 is 11.8 Å². The highest BCUT2D eigenvalue weighted by atomic mass is 16.7. The lowest BCUT2D eigenvalue weighted by atomic mass is 9.55. The van der Waals surface area contributed by atoms with Crippen LogP contribution in [0.25, 0.3) is 0 Å². The topological polar surface area (TPSA) is 123 Å². The molecule has 6 atom stereocenters. The van der Waals surface area contributed by atoms with Gasteiger partial charge in [0.25, 0.3) is 0 Å². The van der Waals surface area contributed by atoms with Crippen LogP contribution in [0.2, 0.25) is 0 Å². The van der Waals surface area contributed by atoms with Crippen LogP contribution in [0.4, 0.5) is 0 Å². The van der Waals surface area contributed by atoms with Crippen molar-refractivity contribution in [3.05, 3.63) is 77.7 Å². The fourth-order valence-electron chi connectivity index (χ4n) is 10.1. The number of rotatable bonds is 28. The van der Waals surface area contributed by atoms with Gasteiger partial charge in [-0.05, 0) is 93.2 Å². The molecular formula is C50H75N3O7. The number of carbonyl (C=O) groups is 1. The maximum Gasteiger partial charge on any atom is 0.239 e. The number of hydrogen-bond donors (Lipinski definition) is 2. The van der Waals surface area contributed by atoms with E-state index in [1.165, 1.54) is 38.5 Å². The Kier molecular flexibility index (Phi) is 19.4. The minimum Gasteiger partial charge on any atom is -0.487 e. The van der Waals surface area contributed by atoms with Gasteiger partial charge in [-0.2, -0.15) is 0 Å². The Morgan fingerprint density at radius 1 is 0.967 bits per heavy atom. The molecule has 3 aliphatic rings. The van der Waals surface area contributed by atoms with Gasteiger partial charge in [0, 0.05) is 49.8 Å². The number of oxime groups is 1. The lowest BCUT2D eigenvalue weighted by Crippen LogP contribution is -2.70. The first kappa shape index (κ1) is 47.3. The highest BCUT2D eigenvalue weighted by molar-refractivity contribution is 6.03. The van der Waals surface area contributed by atoms with E-state index in [9.17, 15) is 15.0 Å². The Morgan fingerprint density at radius 2 is 1.70 bits per heavy atom. The van der Waals surface area contributed by atoms with Crippen molar-refractivity contribution in [3.8, 4) is 11.5 Å². The highest BCUT2D eigenvalue weighted by Crippen LogP contribution is 2.62. The van der Waals surface area contributed by atoms with Crippen LogP contribution in [0.15, 0.2) is 65.9 Å². The zero-order valence-electron chi connectivity index (χ0n) is 37.3. The van der Waals surface area contributed by atoms with Gasteiger partial charge < -0.3 is 34.2 Å². The predicted molar refractivity (Wildman–Crippen MR) is 239 cm³/mol. The second kappa shape index (κ2) is 24.6. The van der Waals surface area contributed by atoms with E-state index in [1.807, 2.05) is 42.2 Å². The normalized spacial score (nSPS) is 23.6. The number of aryl methyl sites for hydroxylation is 1. The summed E-state index contributed by atoms with van der Waals surface area (Å²) in [6.45, 7) is 11.8. The highest BCUT2D eigenvalue weighted by Gasteiger charge is 2.65. The van der Waals surface area contributed by atoms with Gasteiger partial charge in [0.15, 0.2) is 0 Å². The third-order valence-corrected chi connectivity index (χ3v) is 12.8. The smallest absolute Gasteiger partial charge is 0.239 e. The summed E-state index contributed by atoms with van der Waals surface area (Å²) in [5, 5.41) is 24.5. The zero-order valence-corrected chi connectivity index (χ0v) is 37.3. The molecule has 2 aliphatic carbocycles. The first-order chi connectivity index (χ1) is 29.3. The van der Waals surface area contributed by atoms with Gasteiger partial charge >= 0.3 is 0 Å². The molecule has 10 nitrogen and oxygen atoms in total. The second-order valence-corrected chi connectivity index (χ2v) is 17.2. The van der Waals surface area contributed by atoms with Crippen molar-refractivity contribution < 1.29 is 34.1 Å². The van der Waals surface area contributed by atoms with E-state index >= 15 is 0 Å². The van der Waals surface area contributed by atoms with Crippen molar-refractivity contribution in [1.82, 2.24) is 9.88 Å². The third-order valence-electron chi connectivity index (χ3n) is 12.8.